The first-order chi connectivity index (χ1) is 7.25. The Balaban J connectivity index is 2.25. The van der Waals surface area contributed by atoms with Crippen LogP contribution in [0.5, 0.6) is 0 Å². The fourth-order valence-electron chi connectivity index (χ4n) is 1.12. The Hall–Kier alpha value is -1.19. The minimum Gasteiger partial charge on any atom is -0.397 e. The van der Waals surface area contributed by atoms with Gasteiger partial charge >= 0.3 is 0 Å². The second-order valence-corrected chi connectivity index (χ2v) is 4.44. The van der Waals surface area contributed by atoms with E-state index in [1.165, 1.54) is 11.8 Å². The molecule has 0 radical (unpaired) electrons. The quantitative estimate of drug-likeness (QED) is 0.868. The summed E-state index contributed by atoms with van der Waals surface area (Å²) in [7, 11) is 0. The number of nitrogen functional groups attached to an aromatic ring is 1. The summed E-state index contributed by atoms with van der Waals surface area (Å²) in [4.78, 5) is 5.29. The highest BCUT2D eigenvalue weighted by atomic mass is 35.5. The normalized spacial score (nSPS) is 10.2. The van der Waals surface area contributed by atoms with Crippen LogP contribution in [0, 0.1) is 0 Å². The van der Waals surface area contributed by atoms with Gasteiger partial charge in [-0.2, -0.15) is 0 Å². The summed E-state index contributed by atoms with van der Waals surface area (Å²) >= 11 is 7.54. The number of rotatable bonds is 2. The number of hydrogen-bond acceptors (Lipinski definition) is 3. The Kier molecular flexibility index (Phi) is 3.14. The number of pyridine rings is 1. The van der Waals surface area contributed by atoms with Gasteiger partial charge in [0.05, 0.1) is 16.9 Å². The van der Waals surface area contributed by atoms with Gasteiger partial charge in [0.2, 0.25) is 0 Å². The summed E-state index contributed by atoms with van der Waals surface area (Å²) in [6.45, 7) is 0. The van der Waals surface area contributed by atoms with Crippen molar-refractivity contribution in [1.82, 2.24) is 4.98 Å². The van der Waals surface area contributed by atoms with Gasteiger partial charge in [0.25, 0.3) is 0 Å². The zero-order chi connectivity index (χ0) is 10.7. The maximum atomic E-state index is 6.02. The van der Waals surface area contributed by atoms with Crippen LogP contribution in [-0.4, -0.2) is 4.98 Å². The molecule has 0 aliphatic rings. The van der Waals surface area contributed by atoms with Crippen molar-refractivity contribution in [2.75, 3.05) is 5.73 Å². The molecule has 0 saturated carbocycles. The summed E-state index contributed by atoms with van der Waals surface area (Å²) in [6.07, 6.45) is 1.61. The van der Waals surface area contributed by atoms with Crippen molar-refractivity contribution in [2.45, 2.75) is 9.92 Å². The van der Waals surface area contributed by atoms with E-state index in [1.807, 2.05) is 30.3 Å². The molecule has 0 amide bonds. The van der Waals surface area contributed by atoms with Gasteiger partial charge in [-0.15, -0.1) is 0 Å². The van der Waals surface area contributed by atoms with Crippen molar-refractivity contribution in [3.63, 3.8) is 0 Å². The molecule has 0 atom stereocenters. The first kappa shape index (κ1) is 10.3. The van der Waals surface area contributed by atoms with E-state index in [2.05, 4.69) is 4.98 Å². The maximum absolute atomic E-state index is 6.02. The van der Waals surface area contributed by atoms with Crippen LogP contribution in [0.15, 0.2) is 52.5 Å². The molecule has 0 spiro atoms. The van der Waals surface area contributed by atoms with E-state index in [0.717, 1.165) is 9.92 Å². The Morgan fingerprint density at radius 3 is 2.60 bits per heavy atom. The van der Waals surface area contributed by atoms with Gasteiger partial charge in [-0.25, -0.2) is 4.98 Å². The second-order valence-electron chi connectivity index (χ2n) is 2.97. The number of aromatic nitrogens is 1. The van der Waals surface area contributed by atoms with Crippen molar-refractivity contribution in [2.24, 2.45) is 0 Å². The molecule has 0 aliphatic carbocycles. The largest absolute Gasteiger partial charge is 0.397 e. The lowest BCUT2D eigenvalue weighted by atomic mass is 10.4. The molecular weight excluding hydrogens is 228 g/mol. The molecule has 2 rings (SSSR count). The monoisotopic (exact) mass is 236 g/mol. The number of hydrogen-bond donors (Lipinski definition) is 1. The zero-order valence-electron chi connectivity index (χ0n) is 7.85. The third kappa shape index (κ3) is 2.64. The molecule has 0 fully saturated rings. The summed E-state index contributed by atoms with van der Waals surface area (Å²) in [5, 5.41) is 1.36. The zero-order valence-corrected chi connectivity index (χ0v) is 9.42. The van der Waals surface area contributed by atoms with Gasteiger partial charge in [-0.1, -0.05) is 41.6 Å². The third-order valence-corrected chi connectivity index (χ3v) is 3.21. The van der Waals surface area contributed by atoms with Gasteiger partial charge in [-0.3, -0.25) is 0 Å². The molecule has 0 saturated heterocycles. The summed E-state index contributed by atoms with van der Waals surface area (Å²) in [6, 6.07) is 11.7. The van der Waals surface area contributed by atoms with Crippen LogP contribution in [0.1, 0.15) is 0 Å². The molecule has 4 heteroatoms. The Bertz CT molecular complexity index is 459. The van der Waals surface area contributed by atoms with Crippen LogP contribution >= 0.6 is 23.4 Å². The van der Waals surface area contributed by atoms with E-state index in [-0.39, 0.29) is 0 Å². The van der Waals surface area contributed by atoms with E-state index in [9.17, 15) is 0 Å². The van der Waals surface area contributed by atoms with Crippen molar-refractivity contribution in [3.05, 3.63) is 47.6 Å². The topological polar surface area (TPSA) is 38.9 Å². The smallest absolute Gasteiger partial charge is 0.120 e. The third-order valence-electron chi connectivity index (χ3n) is 1.79. The first-order valence-corrected chi connectivity index (χ1v) is 5.59. The Labute approximate surface area is 97.5 Å². The van der Waals surface area contributed by atoms with E-state index < -0.39 is 0 Å². The maximum Gasteiger partial charge on any atom is 0.120 e. The lowest BCUT2D eigenvalue weighted by Gasteiger charge is -2.03. The van der Waals surface area contributed by atoms with E-state index in [0.29, 0.717) is 10.7 Å². The van der Waals surface area contributed by atoms with Crippen molar-refractivity contribution in [1.29, 1.82) is 0 Å². The lowest BCUT2D eigenvalue weighted by Crippen LogP contribution is -1.88. The molecule has 0 aliphatic heterocycles. The fourth-order valence-corrected chi connectivity index (χ4v) is 2.18. The molecule has 2 N–H and O–H groups in total. The second kappa shape index (κ2) is 4.55. The highest BCUT2D eigenvalue weighted by Gasteiger charge is 2.04. The predicted octanol–water partition coefficient (Wildman–Crippen LogP) is 3.47. The molecule has 2 aromatic rings. The predicted molar refractivity (Wildman–Crippen MR) is 64.2 cm³/mol. The molecule has 2 nitrogen and oxygen atoms in total. The van der Waals surface area contributed by atoms with Crippen LogP contribution in [0.3, 0.4) is 0 Å². The van der Waals surface area contributed by atoms with Crippen LogP contribution in [0.4, 0.5) is 5.69 Å². The molecule has 1 aromatic carbocycles. The fraction of sp³-hybridized carbons (Fsp3) is 0. The van der Waals surface area contributed by atoms with Crippen LogP contribution < -0.4 is 5.73 Å². The van der Waals surface area contributed by atoms with Crippen LogP contribution in [0.25, 0.3) is 0 Å². The molecule has 15 heavy (non-hydrogen) atoms. The molecule has 1 heterocycles. The number of anilines is 1. The first-order valence-electron chi connectivity index (χ1n) is 4.39. The van der Waals surface area contributed by atoms with Crippen LogP contribution in [0.2, 0.25) is 5.02 Å². The number of halogens is 1. The Morgan fingerprint density at radius 2 is 1.93 bits per heavy atom. The Morgan fingerprint density at radius 1 is 1.20 bits per heavy atom. The number of nitrogens with two attached hydrogens (primary N) is 1. The van der Waals surface area contributed by atoms with Crippen molar-refractivity contribution in [3.8, 4) is 0 Å². The lowest BCUT2D eigenvalue weighted by molar-refractivity contribution is 1.14. The molecule has 76 valence electrons. The van der Waals surface area contributed by atoms with Crippen LogP contribution in [-0.2, 0) is 0 Å². The molecule has 0 unspecified atom stereocenters. The molecule has 0 bridgehead atoms. The average Bonchev–Trinajstić information content (AvgIpc) is 2.24. The molecular formula is C11H9ClN2S. The molecule has 1 aromatic heterocycles. The summed E-state index contributed by atoms with van der Waals surface area (Å²) in [5.41, 5.74) is 6.15. The van der Waals surface area contributed by atoms with Gasteiger partial charge < -0.3 is 5.73 Å². The standard InChI is InChI=1S/C11H9ClN2S/c12-10-6-8(13)7-14-11(10)15-9-4-2-1-3-5-9/h1-7H,13H2. The van der Waals surface area contributed by atoms with Gasteiger partial charge in [0, 0.05) is 4.90 Å². The number of nitrogens with zero attached hydrogens (tertiary/aromatic N) is 1. The van der Waals surface area contributed by atoms with E-state index in [1.54, 1.807) is 12.3 Å². The van der Waals surface area contributed by atoms with E-state index in [4.69, 9.17) is 17.3 Å². The van der Waals surface area contributed by atoms with E-state index >= 15 is 0 Å². The SMILES string of the molecule is Nc1cnc(Sc2ccccc2)c(Cl)c1. The van der Waals surface area contributed by atoms with Gasteiger partial charge in [0.15, 0.2) is 0 Å². The summed E-state index contributed by atoms with van der Waals surface area (Å²) in [5.74, 6) is 0. The highest BCUT2D eigenvalue weighted by molar-refractivity contribution is 7.99. The summed E-state index contributed by atoms with van der Waals surface area (Å²) < 4.78 is 0. The number of benzene rings is 1. The highest BCUT2D eigenvalue weighted by Crippen LogP contribution is 2.31. The minimum atomic E-state index is 0.581. The average molecular weight is 237 g/mol. The van der Waals surface area contributed by atoms with Crippen molar-refractivity contribution >= 4 is 29.1 Å². The van der Waals surface area contributed by atoms with Crippen molar-refractivity contribution < 1.29 is 0 Å². The minimum absolute atomic E-state index is 0.581. The van der Waals surface area contributed by atoms with Gasteiger partial charge in [-0.05, 0) is 18.2 Å². The van der Waals surface area contributed by atoms with Gasteiger partial charge in [0.1, 0.15) is 5.03 Å².